The standard InChI is InChI=1S/C14H20N2OS.ClH/c1-10(15)14(17)16-12-8-4-5-9-13(12)18-11-6-2-3-7-11;/h4-5,8-11H,2-3,6-7,15H2,1H3,(H,16,17);1H/t10-;/m0./s1. The topological polar surface area (TPSA) is 55.1 Å². The largest absolute Gasteiger partial charge is 0.324 e. The van der Waals surface area contributed by atoms with Gasteiger partial charge in [-0.25, -0.2) is 0 Å². The van der Waals surface area contributed by atoms with Gasteiger partial charge in [-0.05, 0) is 31.9 Å². The number of benzene rings is 1. The van der Waals surface area contributed by atoms with E-state index in [0.29, 0.717) is 5.25 Å². The van der Waals surface area contributed by atoms with Gasteiger partial charge in [0.1, 0.15) is 0 Å². The number of rotatable bonds is 4. The molecule has 3 N–H and O–H groups in total. The molecule has 0 radical (unpaired) electrons. The average molecular weight is 301 g/mol. The maximum Gasteiger partial charge on any atom is 0.241 e. The number of thioether (sulfide) groups is 1. The first kappa shape index (κ1) is 16.3. The Kier molecular flexibility index (Phi) is 6.69. The van der Waals surface area contributed by atoms with Crippen LogP contribution in [0.2, 0.25) is 0 Å². The Labute approximate surface area is 125 Å². The zero-order valence-electron chi connectivity index (χ0n) is 11.1. The highest BCUT2D eigenvalue weighted by Gasteiger charge is 2.18. The lowest BCUT2D eigenvalue weighted by Crippen LogP contribution is -2.32. The van der Waals surface area contributed by atoms with Gasteiger partial charge in [0.15, 0.2) is 0 Å². The summed E-state index contributed by atoms with van der Waals surface area (Å²) in [5.41, 5.74) is 6.46. The lowest BCUT2D eigenvalue weighted by atomic mass is 10.3. The Balaban J connectivity index is 0.00000180. The fraction of sp³-hybridized carbons (Fsp3) is 0.500. The molecule has 1 atom stereocenters. The lowest BCUT2D eigenvalue weighted by molar-refractivity contribution is -0.117. The lowest BCUT2D eigenvalue weighted by Gasteiger charge is -2.14. The van der Waals surface area contributed by atoms with E-state index in [2.05, 4.69) is 11.4 Å². The molecule has 1 fully saturated rings. The van der Waals surface area contributed by atoms with E-state index in [-0.39, 0.29) is 18.3 Å². The van der Waals surface area contributed by atoms with Gasteiger partial charge >= 0.3 is 0 Å². The fourth-order valence-corrected chi connectivity index (χ4v) is 3.44. The second-order valence-electron chi connectivity index (χ2n) is 4.80. The molecule has 0 aliphatic heterocycles. The summed E-state index contributed by atoms with van der Waals surface area (Å²) in [6, 6.07) is 7.49. The number of halogens is 1. The van der Waals surface area contributed by atoms with Crippen molar-refractivity contribution in [2.75, 3.05) is 5.32 Å². The number of para-hydroxylation sites is 1. The highest BCUT2D eigenvalue weighted by Crippen LogP contribution is 2.37. The van der Waals surface area contributed by atoms with Crippen LogP contribution in [-0.2, 0) is 4.79 Å². The SMILES string of the molecule is C[C@H](N)C(=O)Nc1ccccc1SC1CCCC1.Cl. The molecular weight excluding hydrogens is 280 g/mol. The van der Waals surface area contributed by atoms with Crippen molar-refractivity contribution in [3.05, 3.63) is 24.3 Å². The number of carbonyl (C=O) groups excluding carboxylic acids is 1. The van der Waals surface area contributed by atoms with Crippen molar-refractivity contribution in [1.29, 1.82) is 0 Å². The summed E-state index contributed by atoms with van der Waals surface area (Å²) < 4.78 is 0. The quantitative estimate of drug-likeness (QED) is 0.896. The van der Waals surface area contributed by atoms with Crippen LogP contribution in [0.15, 0.2) is 29.2 Å². The predicted molar refractivity (Wildman–Crippen MR) is 84.1 cm³/mol. The molecule has 0 spiro atoms. The number of carbonyl (C=O) groups is 1. The van der Waals surface area contributed by atoms with E-state index in [9.17, 15) is 4.79 Å². The zero-order valence-corrected chi connectivity index (χ0v) is 12.7. The molecule has 3 nitrogen and oxygen atoms in total. The third-order valence-corrected chi connectivity index (χ3v) is 4.57. The normalized spacial score (nSPS) is 16.7. The van der Waals surface area contributed by atoms with Crippen LogP contribution in [0.1, 0.15) is 32.6 Å². The van der Waals surface area contributed by atoms with Gasteiger partial charge < -0.3 is 11.1 Å². The van der Waals surface area contributed by atoms with Gasteiger partial charge in [-0.2, -0.15) is 0 Å². The van der Waals surface area contributed by atoms with Crippen molar-refractivity contribution in [1.82, 2.24) is 0 Å². The molecule has 106 valence electrons. The minimum Gasteiger partial charge on any atom is -0.324 e. The number of nitrogens with one attached hydrogen (secondary N) is 1. The van der Waals surface area contributed by atoms with E-state index < -0.39 is 6.04 Å². The van der Waals surface area contributed by atoms with Gasteiger partial charge in [-0.1, -0.05) is 25.0 Å². The van der Waals surface area contributed by atoms with Gasteiger partial charge in [0, 0.05) is 10.1 Å². The minimum atomic E-state index is -0.477. The number of nitrogens with two attached hydrogens (primary N) is 1. The van der Waals surface area contributed by atoms with Crippen LogP contribution < -0.4 is 11.1 Å². The fourth-order valence-electron chi connectivity index (χ4n) is 2.11. The molecule has 1 aliphatic rings. The molecular formula is C14H21ClN2OS. The van der Waals surface area contributed by atoms with Gasteiger partial charge in [-0.3, -0.25) is 4.79 Å². The van der Waals surface area contributed by atoms with Crippen LogP contribution in [-0.4, -0.2) is 17.2 Å². The van der Waals surface area contributed by atoms with E-state index in [4.69, 9.17) is 5.73 Å². The maximum absolute atomic E-state index is 11.7. The van der Waals surface area contributed by atoms with Gasteiger partial charge in [-0.15, -0.1) is 24.2 Å². The van der Waals surface area contributed by atoms with E-state index in [1.165, 1.54) is 25.7 Å². The summed E-state index contributed by atoms with van der Waals surface area (Å²) in [5, 5.41) is 3.59. The van der Waals surface area contributed by atoms with Crippen molar-refractivity contribution in [3.63, 3.8) is 0 Å². The number of hydrogen-bond acceptors (Lipinski definition) is 3. The third-order valence-electron chi connectivity index (χ3n) is 3.15. The molecule has 1 saturated carbocycles. The summed E-state index contributed by atoms with van der Waals surface area (Å²) in [5.74, 6) is -0.130. The number of hydrogen-bond donors (Lipinski definition) is 2. The summed E-state index contributed by atoms with van der Waals surface area (Å²) in [7, 11) is 0. The van der Waals surface area contributed by atoms with E-state index in [0.717, 1.165) is 10.6 Å². The number of amides is 1. The van der Waals surface area contributed by atoms with Crippen molar-refractivity contribution in [2.24, 2.45) is 5.73 Å². The smallest absolute Gasteiger partial charge is 0.241 e. The maximum atomic E-state index is 11.7. The van der Waals surface area contributed by atoms with Crippen molar-refractivity contribution in [3.8, 4) is 0 Å². The molecule has 2 rings (SSSR count). The Bertz CT molecular complexity index is 420. The van der Waals surface area contributed by atoms with Gasteiger partial charge in [0.25, 0.3) is 0 Å². The van der Waals surface area contributed by atoms with E-state index in [1.807, 2.05) is 30.0 Å². The molecule has 1 amide bonds. The van der Waals surface area contributed by atoms with Crippen molar-refractivity contribution >= 4 is 35.8 Å². The van der Waals surface area contributed by atoms with Crippen molar-refractivity contribution < 1.29 is 4.79 Å². The summed E-state index contributed by atoms with van der Waals surface area (Å²) in [6.07, 6.45) is 5.21. The molecule has 19 heavy (non-hydrogen) atoms. The van der Waals surface area contributed by atoms with Crippen LogP contribution >= 0.6 is 24.2 Å². The predicted octanol–water partition coefficient (Wildman–Crippen LogP) is 3.43. The Morgan fingerprint density at radius 1 is 1.37 bits per heavy atom. The van der Waals surface area contributed by atoms with Gasteiger partial charge in [0.2, 0.25) is 5.91 Å². The Hall–Kier alpha value is -0.710. The molecule has 1 aromatic rings. The first-order valence-electron chi connectivity index (χ1n) is 6.49. The van der Waals surface area contributed by atoms with Crippen molar-refractivity contribution in [2.45, 2.75) is 48.8 Å². The van der Waals surface area contributed by atoms with Gasteiger partial charge in [0.05, 0.1) is 11.7 Å². The van der Waals surface area contributed by atoms with E-state index in [1.54, 1.807) is 6.92 Å². The van der Waals surface area contributed by atoms with Crippen LogP contribution in [0.3, 0.4) is 0 Å². The minimum absolute atomic E-state index is 0. The van der Waals surface area contributed by atoms with Crippen LogP contribution in [0.5, 0.6) is 0 Å². The van der Waals surface area contributed by atoms with Crippen LogP contribution in [0, 0.1) is 0 Å². The molecule has 0 bridgehead atoms. The molecule has 1 aliphatic carbocycles. The second kappa shape index (κ2) is 7.78. The van der Waals surface area contributed by atoms with Crippen LogP contribution in [0.4, 0.5) is 5.69 Å². The molecule has 0 unspecified atom stereocenters. The van der Waals surface area contributed by atoms with E-state index >= 15 is 0 Å². The summed E-state index contributed by atoms with van der Waals surface area (Å²) in [4.78, 5) is 12.8. The monoisotopic (exact) mass is 300 g/mol. The molecule has 0 aromatic heterocycles. The first-order chi connectivity index (χ1) is 8.66. The second-order valence-corrected chi connectivity index (χ2v) is 6.14. The Morgan fingerprint density at radius 3 is 2.63 bits per heavy atom. The highest BCUT2D eigenvalue weighted by atomic mass is 35.5. The highest BCUT2D eigenvalue weighted by molar-refractivity contribution is 8.00. The molecule has 0 saturated heterocycles. The van der Waals surface area contributed by atoms with Crippen LogP contribution in [0.25, 0.3) is 0 Å². The summed E-state index contributed by atoms with van der Waals surface area (Å²) in [6.45, 7) is 1.70. The number of anilines is 1. The first-order valence-corrected chi connectivity index (χ1v) is 7.37. The Morgan fingerprint density at radius 2 is 2.00 bits per heavy atom. The summed E-state index contributed by atoms with van der Waals surface area (Å²) >= 11 is 1.88. The molecule has 1 aromatic carbocycles. The molecule has 0 heterocycles. The molecule has 5 heteroatoms. The zero-order chi connectivity index (χ0) is 13.0. The third kappa shape index (κ3) is 4.71. The average Bonchev–Trinajstić information content (AvgIpc) is 2.84.